The van der Waals surface area contributed by atoms with Crippen LogP contribution in [0.1, 0.15) is 20.3 Å². The Morgan fingerprint density at radius 3 is 1.67 bits per heavy atom. The first-order valence-electron chi connectivity index (χ1n) is 1.84. The molecule has 6 heavy (non-hydrogen) atoms. The van der Waals surface area contributed by atoms with Gasteiger partial charge in [0.05, 0.1) is 0 Å². The van der Waals surface area contributed by atoms with Crippen LogP contribution in [0.15, 0.2) is 0 Å². The molecule has 0 aliphatic carbocycles. The second kappa shape index (κ2) is 19.7. The minimum atomic E-state index is -1.17. The van der Waals surface area contributed by atoms with E-state index in [1.807, 2.05) is 0 Å². The molecule has 0 aromatic heterocycles. The second-order valence-corrected chi connectivity index (χ2v) is 0.981. The van der Waals surface area contributed by atoms with E-state index >= 15 is 0 Å². The SMILES string of the molecule is CCC.O=[PH+]O. The van der Waals surface area contributed by atoms with E-state index < -0.39 is 8.69 Å². The predicted octanol–water partition coefficient (Wildman–Crippen LogP) is 1.33. The van der Waals surface area contributed by atoms with Crippen LogP contribution in [-0.2, 0) is 4.57 Å². The lowest BCUT2D eigenvalue weighted by atomic mass is 10.6. The van der Waals surface area contributed by atoms with E-state index in [1.54, 1.807) is 0 Å². The highest BCUT2D eigenvalue weighted by Crippen LogP contribution is 1.66. The Balaban J connectivity index is 0. The van der Waals surface area contributed by atoms with Gasteiger partial charge >= 0.3 is 8.69 Å². The zero-order valence-electron chi connectivity index (χ0n) is 4.06. The molecule has 0 saturated heterocycles. The molecule has 0 aliphatic heterocycles. The van der Waals surface area contributed by atoms with Crippen molar-refractivity contribution < 1.29 is 9.46 Å². The van der Waals surface area contributed by atoms with Crippen LogP contribution in [0.4, 0.5) is 0 Å². The van der Waals surface area contributed by atoms with Gasteiger partial charge in [-0.3, -0.25) is 0 Å². The van der Waals surface area contributed by atoms with Gasteiger partial charge in [0, 0.05) is 0 Å². The van der Waals surface area contributed by atoms with Crippen molar-refractivity contribution >= 4 is 8.69 Å². The van der Waals surface area contributed by atoms with Crippen molar-refractivity contribution in [3.8, 4) is 0 Å². The zero-order valence-corrected chi connectivity index (χ0v) is 5.06. The molecule has 0 amide bonds. The van der Waals surface area contributed by atoms with Crippen molar-refractivity contribution in [3.63, 3.8) is 0 Å². The lowest BCUT2D eigenvalue weighted by Crippen LogP contribution is -1.27. The summed E-state index contributed by atoms with van der Waals surface area (Å²) in [6.45, 7) is 4.25. The largest absolute Gasteiger partial charge is 0.491 e. The van der Waals surface area contributed by atoms with Gasteiger partial charge in [-0.1, -0.05) is 20.3 Å². The lowest BCUT2D eigenvalue weighted by molar-refractivity contribution is 0.524. The Kier molecular flexibility index (Phi) is 30.8. The van der Waals surface area contributed by atoms with E-state index in [2.05, 4.69) is 13.8 Å². The van der Waals surface area contributed by atoms with Gasteiger partial charge in [0.25, 0.3) is 0 Å². The number of rotatable bonds is 0. The molecule has 0 aromatic rings. The minimum Gasteiger partial charge on any atom is -0.162 e. The quantitative estimate of drug-likeness (QED) is 0.476. The van der Waals surface area contributed by atoms with Gasteiger partial charge in [0.2, 0.25) is 0 Å². The Labute approximate surface area is 39.5 Å². The number of hydrogen-bond acceptors (Lipinski definition) is 1. The molecule has 0 fully saturated rings. The van der Waals surface area contributed by atoms with Crippen LogP contribution in [0.2, 0.25) is 0 Å². The third-order valence-electron chi connectivity index (χ3n) is 0. The Morgan fingerprint density at radius 1 is 1.67 bits per heavy atom. The van der Waals surface area contributed by atoms with Gasteiger partial charge in [0.1, 0.15) is 0 Å². The second-order valence-electron chi connectivity index (χ2n) is 0.798. The molecule has 0 heterocycles. The van der Waals surface area contributed by atoms with Crippen molar-refractivity contribution in [1.82, 2.24) is 0 Å². The Morgan fingerprint density at radius 2 is 1.67 bits per heavy atom. The topological polar surface area (TPSA) is 37.3 Å². The molecule has 1 N–H and O–H groups in total. The molecule has 2 nitrogen and oxygen atoms in total. The first kappa shape index (κ1) is 9.41. The molecule has 0 rings (SSSR count). The van der Waals surface area contributed by atoms with Gasteiger partial charge < -0.3 is 0 Å². The Hall–Kier alpha value is 0.0600. The van der Waals surface area contributed by atoms with Crippen LogP contribution < -0.4 is 0 Å². The predicted molar refractivity (Wildman–Crippen MR) is 27.2 cm³/mol. The highest BCUT2D eigenvalue weighted by Gasteiger charge is 1.45. The summed E-state index contributed by atoms with van der Waals surface area (Å²) in [6.07, 6.45) is 1.25. The van der Waals surface area contributed by atoms with Crippen LogP contribution in [0.25, 0.3) is 0 Å². The maximum atomic E-state index is 8.51. The van der Waals surface area contributed by atoms with E-state index in [1.165, 1.54) is 6.42 Å². The van der Waals surface area contributed by atoms with Crippen molar-refractivity contribution in [3.05, 3.63) is 0 Å². The summed E-state index contributed by atoms with van der Waals surface area (Å²) in [4.78, 5) is 7.04. The fraction of sp³-hybridized carbons (Fsp3) is 1.00. The summed E-state index contributed by atoms with van der Waals surface area (Å²) in [5.41, 5.74) is 0. The average Bonchev–Trinajstić information content (AvgIpc) is 1.39. The summed E-state index contributed by atoms with van der Waals surface area (Å²) >= 11 is 0. The normalized spacial score (nSPS) is 6.50. The fourth-order valence-corrected chi connectivity index (χ4v) is 0. The number of hydrogen-bond donors (Lipinski definition) is 1. The van der Waals surface area contributed by atoms with E-state index in [9.17, 15) is 0 Å². The third kappa shape index (κ3) is 10600. The average molecular weight is 109 g/mol. The van der Waals surface area contributed by atoms with Crippen LogP contribution in [0.5, 0.6) is 0 Å². The Bertz CT molecular complexity index is 22.8. The molecule has 0 spiro atoms. The summed E-state index contributed by atoms with van der Waals surface area (Å²) in [6, 6.07) is 0. The monoisotopic (exact) mass is 109 g/mol. The standard InChI is InChI=1S/C3H8.HO2P/c2*1-3-2/h3H2,1-2H3;3H/p+1. The molecular weight excluding hydrogens is 99.0 g/mol. The van der Waals surface area contributed by atoms with Crippen LogP contribution >= 0.6 is 8.69 Å². The molecule has 0 aromatic carbocycles. The van der Waals surface area contributed by atoms with E-state index in [4.69, 9.17) is 9.46 Å². The van der Waals surface area contributed by atoms with E-state index in [-0.39, 0.29) is 0 Å². The summed E-state index contributed by atoms with van der Waals surface area (Å²) in [5.74, 6) is 0. The first-order valence-corrected chi connectivity index (χ1v) is 2.70. The molecule has 1 unspecified atom stereocenters. The maximum Gasteiger partial charge on any atom is 0.491 e. The van der Waals surface area contributed by atoms with Crippen LogP contribution in [0.3, 0.4) is 0 Å². The van der Waals surface area contributed by atoms with Gasteiger partial charge in [-0.15, -0.1) is 0 Å². The van der Waals surface area contributed by atoms with Crippen molar-refractivity contribution in [2.24, 2.45) is 0 Å². The first-order chi connectivity index (χ1) is 2.83. The van der Waals surface area contributed by atoms with E-state index in [0.717, 1.165) is 0 Å². The smallest absolute Gasteiger partial charge is 0.162 e. The van der Waals surface area contributed by atoms with Crippen molar-refractivity contribution in [2.75, 3.05) is 0 Å². The molecule has 0 saturated carbocycles. The molecule has 3 heteroatoms. The van der Waals surface area contributed by atoms with Crippen LogP contribution in [-0.4, -0.2) is 4.89 Å². The molecule has 1 atom stereocenters. The molecule has 0 aliphatic rings. The summed E-state index contributed by atoms with van der Waals surface area (Å²) < 4.78 is 8.51. The lowest BCUT2D eigenvalue weighted by Gasteiger charge is -1.48. The van der Waals surface area contributed by atoms with Gasteiger partial charge in [0.15, 0.2) is 0 Å². The van der Waals surface area contributed by atoms with Crippen LogP contribution in [0, 0.1) is 0 Å². The van der Waals surface area contributed by atoms with E-state index in [0.29, 0.717) is 0 Å². The fourth-order valence-electron chi connectivity index (χ4n) is 0. The minimum absolute atomic E-state index is 1.17. The van der Waals surface area contributed by atoms with Gasteiger partial charge in [-0.25, -0.2) is 0 Å². The highest BCUT2D eigenvalue weighted by atomic mass is 31.1. The molecule has 0 radical (unpaired) electrons. The summed E-state index contributed by atoms with van der Waals surface area (Å²) in [7, 11) is -1.17. The van der Waals surface area contributed by atoms with Gasteiger partial charge in [-0.2, -0.15) is 4.89 Å². The van der Waals surface area contributed by atoms with Crippen molar-refractivity contribution in [1.29, 1.82) is 0 Å². The van der Waals surface area contributed by atoms with Gasteiger partial charge in [-0.05, 0) is 4.57 Å². The maximum absolute atomic E-state index is 8.51. The highest BCUT2D eigenvalue weighted by molar-refractivity contribution is 7.16. The molecule has 0 bridgehead atoms. The summed E-state index contributed by atoms with van der Waals surface area (Å²) in [5, 5.41) is 0. The zero-order chi connectivity index (χ0) is 5.41. The molecule has 38 valence electrons. The molecular formula is C3H10O2P+. The third-order valence-corrected chi connectivity index (χ3v) is 0. The van der Waals surface area contributed by atoms with Crippen molar-refractivity contribution in [2.45, 2.75) is 20.3 Å².